The van der Waals surface area contributed by atoms with Crippen LogP contribution in [0.3, 0.4) is 0 Å². The van der Waals surface area contributed by atoms with Crippen molar-refractivity contribution in [3.63, 3.8) is 0 Å². The van der Waals surface area contributed by atoms with Crippen LogP contribution < -0.4 is 15.0 Å². The molecular weight excluding hydrogens is 402 g/mol. The Balaban J connectivity index is 1.42. The van der Waals surface area contributed by atoms with Crippen molar-refractivity contribution in [2.45, 2.75) is 44.6 Å². The first-order valence-electron chi connectivity index (χ1n) is 11.7. The monoisotopic (exact) mass is 435 g/mol. The number of nitrogens with one attached hydrogen (secondary N) is 1. The molecule has 0 saturated carbocycles. The molecule has 32 heavy (non-hydrogen) atoms. The van der Waals surface area contributed by atoms with Crippen molar-refractivity contribution >= 4 is 17.5 Å². The molecule has 0 bridgehead atoms. The summed E-state index contributed by atoms with van der Waals surface area (Å²) in [4.78, 5) is 29.3. The summed E-state index contributed by atoms with van der Waals surface area (Å²) >= 11 is 0. The van der Waals surface area contributed by atoms with Crippen LogP contribution in [-0.4, -0.2) is 50.0 Å². The Bertz CT molecular complexity index is 905. The maximum Gasteiger partial charge on any atom is 0.251 e. The SMILES string of the molecule is COc1ccc(C(CNC(=O)c2ccc(N3CCCCC3=O)cc2)N2CCCCC2)cc1. The van der Waals surface area contributed by atoms with E-state index in [1.54, 1.807) is 7.11 Å². The second-order valence-corrected chi connectivity index (χ2v) is 8.64. The van der Waals surface area contributed by atoms with Crippen molar-refractivity contribution in [1.82, 2.24) is 10.2 Å². The zero-order valence-electron chi connectivity index (χ0n) is 18.9. The summed E-state index contributed by atoms with van der Waals surface area (Å²) in [6, 6.07) is 15.7. The average Bonchev–Trinajstić information content (AvgIpc) is 2.85. The van der Waals surface area contributed by atoms with E-state index in [1.165, 1.54) is 24.8 Å². The molecule has 2 saturated heterocycles. The van der Waals surface area contributed by atoms with E-state index in [1.807, 2.05) is 41.3 Å². The summed E-state index contributed by atoms with van der Waals surface area (Å²) in [6.07, 6.45) is 6.24. The Kier molecular flexibility index (Phi) is 7.43. The van der Waals surface area contributed by atoms with Crippen molar-refractivity contribution < 1.29 is 14.3 Å². The number of carbonyl (C=O) groups excluding carboxylic acids is 2. The van der Waals surface area contributed by atoms with Crippen molar-refractivity contribution in [3.05, 3.63) is 59.7 Å². The number of methoxy groups -OCH3 is 1. The van der Waals surface area contributed by atoms with Crippen LogP contribution in [0.4, 0.5) is 5.69 Å². The second-order valence-electron chi connectivity index (χ2n) is 8.64. The van der Waals surface area contributed by atoms with Gasteiger partial charge in [-0.1, -0.05) is 18.6 Å². The van der Waals surface area contributed by atoms with E-state index in [9.17, 15) is 9.59 Å². The topological polar surface area (TPSA) is 61.9 Å². The first-order chi connectivity index (χ1) is 15.7. The Hall–Kier alpha value is -2.86. The van der Waals surface area contributed by atoms with Gasteiger partial charge in [-0.15, -0.1) is 0 Å². The van der Waals surface area contributed by atoms with Gasteiger partial charge < -0.3 is 15.0 Å². The third-order valence-corrected chi connectivity index (χ3v) is 6.55. The van der Waals surface area contributed by atoms with E-state index in [-0.39, 0.29) is 17.9 Å². The number of nitrogens with zero attached hydrogens (tertiary/aromatic N) is 2. The van der Waals surface area contributed by atoms with Crippen LogP contribution in [0, 0.1) is 0 Å². The number of rotatable bonds is 7. The minimum atomic E-state index is -0.0861. The maximum absolute atomic E-state index is 12.9. The predicted octanol–water partition coefficient (Wildman–Crippen LogP) is 4.17. The lowest BCUT2D eigenvalue weighted by molar-refractivity contribution is -0.119. The number of hydrogen-bond donors (Lipinski definition) is 1. The zero-order valence-corrected chi connectivity index (χ0v) is 18.9. The average molecular weight is 436 g/mol. The second kappa shape index (κ2) is 10.6. The normalized spacial score (nSPS) is 18.3. The fourth-order valence-electron chi connectivity index (χ4n) is 4.68. The van der Waals surface area contributed by atoms with Gasteiger partial charge in [0.2, 0.25) is 5.91 Å². The van der Waals surface area contributed by atoms with Crippen LogP contribution in [0.5, 0.6) is 5.75 Å². The minimum absolute atomic E-state index is 0.0861. The molecule has 0 radical (unpaired) electrons. The van der Waals surface area contributed by atoms with Crippen molar-refractivity contribution in [3.8, 4) is 5.75 Å². The van der Waals surface area contributed by atoms with Crippen LogP contribution in [-0.2, 0) is 4.79 Å². The number of carbonyl (C=O) groups is 2. The molecule has 2 aliphatic rings. The molecule has 0 aromatic heterocycles. The number of likely N-dealkylation sites (tertiary alicyclic amines) is 1. The number of benzene rings is 2. The number of amides is 2. The molecule has 2 fully saturated rings. The predicted molar refractivity (Wildman–Crippen MR) is 126 cm³/mol. The molecule has 170 valence electrons. The molecule has 0 spiro atoms. The van der Waals surface area contributed by atoms with E-state index < -0.39 is 0 Å². The van der Waals surface area contributed by atoms with Gasteiger partial charge in [0.05, 0.1) is 13.2 Å². The molecule has 2 amide bonds. The Labute approximate surface area is 190 Å². The lowest BCUT2D eigenvalue weighted by atomic mass is 10.0. The van der Waals surface area contributed by atoms with Crippen LogP contribution >= 0.6 is 0 Å². The summed E-state index contributed by atoms with van der Waals surface area (Å²) in [7, 11) is 1.67. The van der Waals surface area contributed by atoms with E-state index in [4.69, 9.17) is 4.74 Å². The highest BCUT2D eigenvalue weighted by atomic mass is 16.5. The molecule has 2 aliphatic heterocycles. The molecule has 1 N–H and O–H groups in total. The smallest absolute Gasteiger partial charge is 0.251 e. The lowest BCUT2D eigenvalue weighted by Crippen LogP contribution is -2.40. The number of hydrogen-bond acceptors (Lipinski definition) is 4. The Morgan fingerprint density at radius 2 is 1.62 bits per heavy atom. The molecule has 1 unspecified atom stereocenters. The van der Waals surface area contributed by atoms with Crippen LogP contribution in [0.1, 0.15) is 60.5 Å². The molecule has 0 aliphatic carbocycles. The van der Waals surface area contributed by atoms with Gasteiger partial charge in [0.1, 0.15) is 5.75 Å². The Morgan fingerprint density at radius 1 is 0.938 bits per heavy atom. The summed E-state index contributed by atoms with van der Waals surface area (Å²) in [5.41, 5.74) is 2.67. The highest BCUT2D eigenvalue weighted by Crippen LogP contribution is 2.26. The minimum Gasteiger partial charge on any atom is -0.497 e. The third kappa shape index (κ3) is 5.30. The first kappa shape index (κ1) is 22.3. The van der Waals surface area contributed by atoms with Gasteiger partial charge in [0, 0.05) is 30.8 Å². The summed E-state index contributed by atoms with van der Waals surface area (Å²) in [5, 5.41) is 3.14. The van der Waals surface area contributed by atoms with E-state index >= 15 is 0 Å². The van der Waals surface area contributed by atoms with Gasteiger partial charge in [0.25, 0.3) is 5.91 Å². The lowest BCUT2D eigenvalue weighted by Gasteiger charge is -2.35. The van der Waals surface area contributed by atoms with E-state index in [2.05, 4.69) is 22.3 Å². The molecule has 4 rings (SSSR count). The number of piperidine rings is 2. The fourth-order valence-corrected chi connectivity index (χ4v) is 4.68. The molecular formula is C26H33N3O3. The summed E-state index contributed by atoms with van der Waals surface area (Å²) in [5.74, 6) is 0.914. The standard InChI is InChI=1S/C26H33N3O3/c1-32-23-14-10-20(11-15-23)24(28-16-4-2-5-17-28)19-27-26(31)21-8-12-22(13-9-21)29-18-6-3-7-25(29)30/h8-15,24H,2-7,16-19H2,1H3,(H,27,31). The zero-order chi connectivity index (χ0) is 22.3. The highest BCUT2D eigenvalue weighted by molar-refractivity contribution is 5.97. The van der Waals surface area contributed by atoms with Crippen molar-refractivity contribution in [1.29, 1.82) is 0 Å². The Morgan fingerprint density at radius 3 is 2.28 bits per heavy atom. The van der Waals surface area contributed by atoms with Gasteiger partial charge in [-0.05, 0) is 80.7 Å². The van der Waals surface area contributed by atoms with Crippen LogP contribution in [0.2, 0.25) is 0 Å². The molecule has 2 aromatic carbocycles. The number of anilines is 1. The first-order valence-corrected chi connectivity index (χ1v) is 11.7. The molecule has 6 heteroatoms. The van der Waals surface area contributed by atoms with Crippen LogP contribution in [0.25, 0.3) is 0 Å². The molecule has 2 aromatic rings. The van der Waals surface area contributed by atoms with Gasteiger partial charge >= 0.3 is 0 Å². The summed E-state index contributed by atoms with van der Waals surface area (Å²) < 4.78 is 5.30. The number of ether oxygens (including phenoxy) is 1. The molecule has 2 heterocycles. The summed E-state index contributed by atoms with van der Waals surface area (Å²) in [6.45, 7) is 3.40. The van der Waals surface area contributed by atoms with E-state index in [0.29, 0.717) is 18.5 Å². The van der Waals surface area contributed by atoms with Gasteiger partial charge in [-0.3, -0.25) is 14.5 Å². The quantitative estimate of drug-likeness (QED) is 0.709. The molecule has 6 nitrogen and oxygen atoms in total. The molecule has 1 atom stereocenters. The fraction of sp³-hybridized carbons (Fsp3) is 0.462. The van der Waals surface area contributed by atoms with E-state index in [0.717, 1.165) is 43.9 Å². The largest absolute Gasteiger partial charge is 0.497 e. The third-order valence-electron chi connectivity index (χ3n) is 6.55. The van der Waals surface area contributed by atoms with Gasteiger partial charge in [-0.2, -0.15) is 0 Å². The van der Waals surface area contributed by atoms with Crippen LogP contribution in [0.15, 0.2) is 48.5 Å². The van der Waals surface area contributed by atoms with Crippen molar-refractivity contribution in [2.24, 2.45) is 0 Å². The maximum atomic E-state index is 12.9. The van der Waals surface area contributed by atoms with Gasteiger partial charge in [0.15, 0.2) is 0 Å². The van der Waals surface area contributed by atoms with Crippen molar-refractivity contribution in [2.75, 3.05) is 38.2 Å². The van der Waals surface area contributed by atoms with Gasteiger partial charge in [-0.25, -0.2) is 0 Å². The highest BCUT2D eigenvalue weighted by Gasteiger charge is 2.24.